The van der Waals surface area contributed by atoms with Crippen molar-refractivity contribution in [3.8, 4) is 0 Å². The molecule has 3 fully saturated rings. The van der Waals surface area contributed by atoms with Crippen LogP contribution in [0.15, 0.2) is 0 Å². The van der Waals surface area contributed by atoms with Gasteiger partial charge in [0.2, 0.25) is 0 Å². The fourth-order valence-corrected chi connectivity index (χ4v) is 14.5. The summed E-state index contributed by atoms with van der Waals surface area (Å²) in [6.45, 7) is 11.2. The zero-order valence-electron chi connectivity index (χ0n) is 12.3. The van der Waals surface area contributed by atoms with Crippen molar-refractivity contribution in [2.45, 2.75) is 0 Å². The second-order valence-electron chi connectivity index (χ2n) is 5.48. The number of ether oxygens (including phenoxy) is 3. The molecule has 3 rings (SSSR count). The number of morpholine rings is 3. The van der Waals surface area contributed by atoms with Crippen LogP contribution in [0.1, 0.15) is 0 Å². The van der Waals surface area contributed by atoms with Crippen LogP contribution in [0.3, 0.4) is 0 Å². The SMILES string of the molecule is IP(I)(N1CCOCC1)(N1CCOCC1)N1CCOCC1. The summed E-state index contributed by atoms with van der Waals surface area (Å²) in [4.78, 5) is 0. The molecule has 3 heterocycles. The number of halogens is 2. The molecule has 0 N–H and O–H groups in total. The molecule has 0 amide bonds. The third kappa shape index (κ3) is 3.39. The molecule has 3 aliphatic heterocycles. The van der Waals surface area contributed by atoms with Crippen LogP contribution in [0.25, 0.3) is 0 Å². The van der Waals surface area contributed by atoms with Crippen molar-refractivity contribution < 1.29 is 14.2 Å². The van der Waals surface area contributed by atoms with Crippen LogP contribution in [-0.2, 0) is 14.2 Å². The average molecular weight is 543 g/mol. The van der Waals surface area contributed by atoms with Gasteiger partial charge in [0, 0.05) is 0 Å². The van der Waals surface area contributed by atoms with Gasteiger partial charge in [-0.05, 0) is 0 Å². The molecule has 0 bridgehead atoms. The maximum atomic E-state index is 5.60. The second kappa shape index (κ2) is 7.26. The standard InChI is InChI=1S/C12H24I2N3O3P/c13-21(14,15-1-7-18-8-2-15,16-3-9-19-10-4-16)17-5-11-20-12-6-17/h1-12H2. The van der Waals surface area contributed by atoms with Crippen molar-refractivity contribution in [2.24, 2.45) is 0 Å². The molecule has 0 aromatic rings. The maximum absolute atomic E-state index is 5.60. The predicted molar refractivity (Wildman–Crippen MR) is 102 cm³/mol. The van der Waals surface area contributed by atoms with Gasteiger partial charge in [-0.2, -0.15) is 0 Å². The molecule has 0 atom stereocenters. The molecule has 124 valence electrons. The molecule has 0 radical (unpaired) electrons. The molecular formula is C12H24I2N3O3P. The second-order valence-corrected chi connectivity index (χ2v) is 25.0. The Bertz CT molecular complexity index is 307. The first-order chi connectivity index (χ1) is 10.1. The first-order valence-corrected chi connectivity index (χ1v) is 15.2. The van der Waals surface area contributed by atoms with Crippen molar-refractivity contribution in [2.75, 3.05) is 78.9 Å². The summed E-state index contributed by atoms with van der Waals surface area (Å²) in [5, 5.41) is 0. The van der Waals surface area contributed by atoms with Crippen molar-refractivity contribution in [3.63, 3.8) is 0 Å². The predicted octanol–water partition coefficient (Wildman–Crippen LogP) is 1.98. The molecule has 3 aliphatic rings. The molecule has 0 unspecified atom stereocenters. The molecule has 9 heteroatoms. The van der Waals surface area contributed by atoms with E-state index in [-0.39, 0.29) is 0 Å². The Kier molecular flexibility index (Phi) is 6.04. The normalized spacial score (nSPS) is 29.9. The van der Waals surface area contributed by atoms with Gasteiger partial charge in [0.05, 0.1) is 0 Å². The van der Waals surface area contributed by atoms with Crippen LogP contribution in [0, 0.1) is 0 Å². The summed E-state index contributed by atoms with van der Waals surface area (Å²) in [6, 6.07) is 0. The molecule has 6 nitrogen and oxygen atoms in total. The quantitative estimate of drug-likeness (QED) is 0.401. The van der Waals surface area contributed by atoms with E-state index in [2.05, 4.69) is 58.1 Å². The monoisotopic (exact) mass is 543 g/mol. The number of hydrogen-bond acceptors (Lipinski definition) is 6. The van der Waals surface area contributed by atoms with Crippen LogP contribution < -0.4 is 0 Å². The Morgan fingerprint density at radius 1 is 0.524 bits per heavy atom. The van der Waals surface area contributed by atoms with E-state index in [4.69, 9.17) is 14.2 Å². The van der Waals surface area contributed by atoms with E-state index in [0.29, 0.717) is 0 Å². The minimum absolute atomic E-state index is 0.846. The zero-order chi connectivity index (χ0) is 14.8. The Morgan fingerprint density at radius 3 is 1.00 bits per heavy atom. The van der Waals surface area contributed by atoms with Gasteiger partial charge in [0.1, 0.15) is 0 Å². The van der Waals surface area contributed by atoms with Crippen molar-refractivity contribution in [1.29, 1.82) is 0 Å². The molecule has 0 saturated carbocycles. The summed E-state index contributed by atoms with van der Waals surface area (Å²) in [6.07, 6.45) is 0. The van der Waals surface area contributed by atoms with Crippen LogP contribution in [0.2, 0.25) is 0 Å². The van der Waals surface area contributed by atoms with E-state index >= 15 is 0 Å². The van der Waals surface area contributed by atoms with Gasteiger partial charge in [-0.1, -0.05) is 0 Å². The van der Waals surface area contributed by atoms with E-state index in [1.54, 1.807) is 0 Å². The topological polar surface area (TPSA) is 37.4 Å². The number of rotatable bonds is 3. The molecule has 0 spiro atoms. The number of nitrogens with zero attached hydrogens (tertiary/aromatic N) is 3. The van der Waals surface area contributed by atoms with Gasteiger partial charge in [0.15, 0.2) is 0 Å². The molecule has 0 aliphatic carbocycles. The Balaban J connectivity index is 1.90. The van der Waals surface area contributed by atoms with Gasteiger partial charge in [-0.25, -0.2) is 0 Å². The van der Waals surface area contributed by atoms with Gasteiger partial charge >= 0.3 is 154 Å². The van der Waals surface area contributed by atoms with Gasteiger partial charge in [-0.3, -0.25) is 0 Å². The van der Waals surface area contributed by atoms with E-state index in [1.165, 1.54) is 0 Å². The van der Waals surface area contributed by atoms with Crippen molar-refractivity contribution in [1.82, 2.24) is 14.0 Å². The molecule has 0 aromatic carbocycles. The zero-order valence-corrected chi connectivity index (χ0v) is 17.5. The van der Waals surface area contributed by atoms with Crippen molar-refractivity contribution >= 4 is 46.4 Å². The van der Waals surface area contributed by atoms with E-state index in [9.17, 15) is 0 Å². The van der Waals surface area contributed by atoms with Crippen LogP contribution in [-0.4, -0.2) is 92.9 Å². The molecule has 21 heavy (non-hydrogen) atoms. The first kappa shape index (κ1) is 17.5. The van der Waals surface area contributed by atoms with E-state index in [0.717, 1.165) is 78.9 Å². The fourth-order valence-electron chi connectivity index (χ4n) is 3.19. The van der Waals surface area contributed by atoms with Gasteiger partial charge in [0.25, 0.3) is 0 Å². The Morgan fingerprint density at radius 2 is 0.762 bits per heavy atom. The Labute approximate surface area is 152 Å². The minimum atomic E-state index is -2.34. The third-order valence-corrected chi connectivity index (χ3v) is 19.3. The van der Waals surface area contributed by atoms with E-state index in [1.807, 2.05) is 0 Å². The average Bonchev–Trinajstić information content (AvgIpc) is 2.57. The third-order valence-electron chi connectivity index (χ3n) is 4.36. The van der Waals surface area contributed by atoms with Crippen LogP contribution in [0.4, 0.5) is 0 Å². The Hall–Kier alpha value is 1.65. The van der Waals surface area contributed by atoms with E-state index < -0.39 is 2.34 Å². The summed E-state index contributed by atoms with van der Waals surface area (Å²) >= 11 is 5.59. The van der Waals surface area contributed by atoms with Gasteiger partial charge < -0.3 is 0 Å². The molecule has 3 saturated heterocycles. The summed E-state index contributed by atoms with van der Waals surface area (Å²) in [5.74, 6) is 0. The summed E-state index contributed by atoms with van der Waals surface area (Å²) < 4.78 is 22.6. The molecule has 0 aromatic heterocycles. The number of hydrogen-bond donors (Lipinski definition) is 0. The summed E-state index contributed by atoms with van der Waals surface area (Å²) in [5.41, 5.74) is 0. The van der Waals surface area contributed by atoms with Crippen LogP contribution >= 0.6 is 46.4 Å². The summed E-state index contributed by atoms with van der Waals surface area (Å²) in [7, 11) is 0. The van der Waals surface area contributed by atoms with Gasteiger partial charge in [-0.15, -0.1) is 0 Å². The first-order valence-electron chi connectivity index (χ1n) is 7.57. The van der Waals surface area contributed by atoms with Crippen molar-refractivity contribution in [3.05, 3.63) is 0 Å². The fraction of sp³-hybridized carbons (Fsp3) is 1.00. The van der Waals surface area contributed by atoms with Crippen LogP contribution in [0.5, 0.6) is 0 Å². The molecular weight excluding hydrogens is 519 g/mol.